The molecule has 2 aromatic heterocycles. The maximum atomic E-state index is 5.52. The van der Waals surface area contributed by atoms with Crippen molar-refractivity contribution >= 4 is 16.7 Å². The second-order valence-corrected chi connectivity index (χ2v) is 9.82. The van der Waals surface area contributed by atoms with Gasteiger partial charge < -0.3 is 15.0 Å². The van der Waals surface area contributed by atoms with Crippen molar-refractivity contribution in [3.05, 3.63) is 48.7 Å². The molecule has 0 amide bonds. The molecule has 1 saturated carbocycles. The van der Waals surface area contributed by atoms with Gasteiger partial charge in [-0.05, 0) is 73.8 Å². The third-order valence-electron chi connectivity index (χ3n) is 7.60. The summed E-state index contributed by atoms with van der Waals surface area (Å²) in [6.07, 6.45) is 6.79. The first-order valence-electron chi connectivity index (χ1n) is 12.1. The first kappa shape index (κ1) is 20.1. The molecule has 2 aliphatic heterocycles. The number of nitrogens with one attached hydrogen (secondary N) is 1. The molecule has 3 aliphatic rings. The molecule has 1 aliphatic carbocycles. The summed E-state index contributed by atoms with van der Waals surface area (Å²) in [5.74, 6) is 3.38. The topological polar surface area (TPSA) is 63.2 Å². The first-order chi connectivity index (χ1) is 15.8. The lowest BCUT2D eigenvalue weighted by molar-refractivity contribution is 0.0545. The highest BCUT2D eigenvalue weighted by Gasteiger charge is 2.41. The van der Waals surface area contributed by atoms with E-state index in [1.807, 2.05) is 18.3 Å². The lowest BCUT2D eigenvalue weighted by atomic mass is 10.00. The van der Waals surface area contributed by atoms with Crippen LogP contribution in [0, 0.1) is 17.8 Å². The van der Waals surface area contributed by atoms with Gasteiger partial charge >= 0.3 is 0 Å². The van der Waals surface area contributed by atoms with Crippen LogP contribution >= 0.6 is 0 Å². The van der Waals surface area contributed by atoms with Crippen molar-refractivity contribution in [3.8, 4) is 11.3 Å². The highest BCUT2D eigenvalue weighted by atomic mass is 16.5. The van der Waals surface area contributed by atoms with Crippen molar-refractivity contribution in [2.45, 2.75) is 31.7 Å². The van der Waals surface area contributed by atoms with Crippen LogP contribution in [-0.4, -0.2) is 59.0 Å². The second kappa shape index (κ2) is 8.75. The third-order valence-corrected chi connectivity index (χ3v) is 7.60. The van der Waals surface area contributed by atoms with Crippen molar-refractivity contribution in [1.29, 1.82) is 0 Å². The Morgan fingerprint density at radius 1 is 0.969 bits per heavy atom. The number of anilines is 1. The van der Waals surface area contributed by atoms with E-state index in [9.17, 15) is 0 Å². The zero-order valence-corrected chi connectivity index (χ0v) is 18.5. The molecule has 2 atom stereocenters. The molecule has 6 heteroatoms. The highest BCUT2D eigenvalue weighted by Crippen LogP contribution is 2.39. The van der Waals surface area contributed by atoms with E-state index in [-0.39, 0.29) is 0 Å². The number of aromatic nitrogens is 3. The van der Waals surface area contributed by atoms with Crippen LogP contribution in [0.15, 0.2) is 48.7 Å². The number of likely N-dealkylation sites (tertiary alicyclic amines) is 1. The number of fused-ring (bicyclic) bond motifs is 2. The zero-order chi connectivity index (χ0) is 21.3. The summed E-state index contributed by atoms with van der Waals surface area (Å²) in [7, 11) is 0. The van der Waals surface area contributed by atoms with Crippen LogP contribution in [0.2, 0.25) is 0 Å². The third kappa shape index (κ3) is 4.21. The number of benzene rings is 1. The van der Waals surface area contributed by atoms with Crippen molar-refractivity contribution < 1.29 is 4.74 Å². The summed E-state index contributed by atoms with van der Waals surface area (Å²) in [6.45, 7) is 5.71. The molecule has 3 fully saturated rings. The molecule has 3 aromatic rings. The molecule has 6 nitrogen and oxygen atoms in total. The molecule has 32 heavy (non-hydrogen) atoms. The van der Waals surface area contributed by atoms with Gasteiger partial charge in [-0.2, -0.15) is 0 Å². The minimum atomic E-state index is 0.516. The number of rotatable bonds is 5. The number of hydrogen-bond acceptors (Lipinski definition) is 6. The minimum absolute atomic E-state index is 0.516. The molecule has 0 radical (unpaired) electrons. The Morgan fingerprint density at radius 3 is 2.59 bits per heavy atom. The van der Waals surface area contributed by atoms with Crippen LogP contribution in [0.1, 0.15) is 25.7 Å². The smallest absolute Gasteiger partial charge is 0.148 e. The number of nitrogens with zero attached hydrogens (tertiary/aromatic N) is 4. The van der Waals surface area contributed by atoms with Gasteiger partial charge in [-0.15, -0.1) is 10.2 Å². The van der Waals surface area contributed by atoms with E-state index >= 15 is 0 Å². The Balaban J connectivity index is 1.04. The van der Waals surface area contributed by atoms with Crippen LogP contribution in [0.4, 0.5) is 5.82 Å². The van der Waals surface area contributed by atoms with Crippen molar-refractivity contribution in [1.82, 2.24) is 20.1 Å². The quantitative estimate of drug-likeness (QED) is 0.655. The number of pyridine rings is 1. The molecular weight excluding hydrogens is 398 g/mol. The van der Waals surface area contributed by atoms with Gasteiger partial charge in [0.2, 0.25) is 0 Å². The Labute approximate surface area is 189 Å². The Bertz CT molecular complexity index is 1050. The maximum absolute atomic E-state index is 5.52. The molecule has 0 spiro atoms. The first-order valence-corrected chi connectivity index (χ1v) is 12.1. The van der Waals surface area contributed by atoms with Crippen LogP contribution in [-0.2, 0) is 4.74 Å². The predicted octanol–water partition coefficient (Wildman–Crippen LogP) is 4.24. The summed E-state index contributed by atoms with van der Waals surface area (Å²) in [4.78, 5) is 7.11. The predicted molar refractivity (Wildman–Crippen MR) is 126 cm³/mol. The summed E-state index contributed by atoms with van der Waals surface area (Å²) in [6, 6.07) is 14.9. The molecule has 1 N–H and O–H groups in total. The molecule has 4 heterocycles. The summed E-state index contributed by atoms with van der Waals surface area (Å²) in [5, 5.41) is 13.8. The van der Waals surface area contributed by atoms with Crippen molar-refractivity contribution in [3.63, 3.8) is 0 Å². The fraction of sp³-hybridized carbons (Fsp3) is 0.500. The van der Waals surface area contributed by atoms with Gasteiger partial charge in [0.1, 0.15) is 5.82 Å². The second-order valence-electron chi connectivity index (χ2n) is 9.82. The largest absolute Gasteiger partial charge is 0.381 e. The Kier molecular flexibility index (Phi) is 5.49. The number of ether oxygens (including phenoxy) is 1. The average molecular weight is 430 g/mol. The summed E-state index contributed by atoms with van der Waals surface area (Å²) < 4.78 is 5.52. The van der Waals surface area contributed by atoms with E-state index in [0.717, 1.165) is 58.9 Å². The molecule has 2 unspecified atom stereocenters. The average Bonchev–Trinajstić information content (AvgIpc) is 3.38. The summed E-state index contributed by atoms with van der Waals surface area (Å²) in [5.41, 5.74) is 2.97. The van der Waals surface area contributed by atoms with Gasteiger partial charge in [-0.3, -0.25) is 4.98 Å². The molecule has 1 aromatic carbocycles. The van der Waals surface area contributed by atoms with E-state index in [1.54, 1.807) is 0 Å². The SMILES string of the molecule is c1cnc2ccc(-c3ccc(NC4CC5CN(CC6CCOCC6)CC5C4)nn3)cc2c1. The molecule has 6 rings (SSSR count). The molecule has 2 saturated heterocycles. The fourth-order valence-corrected chi connectivity index (χ4v) is 5.97. The van der Waals surface area contributed by atoms with Gasteiger partial charge in [0.05, 0.1) is 11.2 Å². The highest BCUT2D eigenvalue weighted by molar-refractivity contribution is 5.83. The van der Waals surface area contributed by atoms with E-state index in [4.69, 9.17) is 4.74 Å². The molecule has 166 valence electrons. The summed E-state index contributed by atoms with van der Waals surface area (Å²) >= 11 is 0. The van der Waals surface area contributed by atoms with Crippen LogP contribution in [0.3, 0.4) is 0 Å². The normalized spacial score (nSPS) is 26.4. The van der Waals surface area contributed by atoms with Crippen LogP contribution in [0.5, 0.6) is 0 Å². The van der Waals surface area contributed by atoms with Gasteiger partial charge in [-0.25, -0.2) is 0 Å². The van der Waals surface area contributed by atoms with Gasteiger partial charge in [0, 0.05) is 56.0 Å². The van der Waals surface area contributed by atoms with Gasteiger partial charge in [-0.1, -0.05) is 12.1 Å². The molecule has 0 bridgehead atoms. The van der Waals surface area contributed by atoms with E-state index in [1.165, 1.54) is 45.3 Å². The monoisotopic (exact) mass is 429 g/mol. The zero-order valence-electron chi connectivity index (χ0n) is 18.5. The van der Waals surface area contributed by atoms with Crippen LogP contribution in [0.25, 0.3) is 22.2 Å². The van der Waals surface area contributed by atoms with Gasteiger partial charge in [0.15, 0.2) is 0 Å². The van der Waals surface area contributed by atoms with E-state index in [0.29, 0.717) is 6.04 Å². The minimum Gasteiger partial charge on any atom is -0.381 e. The van der Waals surface area contributed by atoms with Gasteiger partial charge in [0.25, 0.3) is 0 Å². The lowest BCUT2D eigenvalue weighted by Gasteiger charge is -2.27. The molecular formula is C26H31N5O. The standard InChI is InChI=1S/C26H31N5O/c1-2-19-12-20(3-4-24(19)27-9-1)25-5-6-26(30-29-25)28-23-13-21-16-31(17-22(21)14-23)15-18-7-10-32-11-8-18/h1-6,9,12,18,21-23H,7-8,10-11,13-17H2,(H,28,30). The Morgan fingerprint density at radius 2 is 1.81 bits per heavy atom. The van der Waals surface area contributed by atoms with Crippen molar-refractivity contribution in [2.24, 2.45) is 17.8 Å². The lowest BCUT2D eigenvalue weighted by Crippen LogP contribution is -2.32. The Hall–Kier alpha value is -2.57. The van der Waals surface area contributed by atoms with Crippen molar-refractivity contribution in [2.75, 3.05) is 38.2 Å². The fourth-order valence-electron chi connectivity index (χ4n) is 5.97. The van der Waals surface area contributed by atoms with E-state index in [2.05, 4.69) is 55.7 Å². The maximum Gasteiger partial charge on any atom is 0.148 e. The number of hydrogen-bond donors (Lipinski definition) is 1. The van der Waals surface area contributed by atoms with E-state index < -0.39 is 0 Å². The van der Waals surface area contributed by atoms with Crippen LogP contribution < -0.4 is 5.32 Å².